The Morgan fingerprint density at radius 2 is 1.73 bits per heavy atom. The van der Waals surface area contributed by atoms with E-state index < -0.39 is 0 Å². The van der Waals surface area contributed by atoms with Gasteiger partial charge in [-0.1, -0.05) is 6.07 Å². The zero-order valence-electron chi connectivity index (χ0n) is 13.3. The molecule has 0 radical (unpaired) electrons. The van der Waals surface area contributed by atoms with Gasteiger partial charge in [-0.25, -0.2) is 0 Å². The number of methoxy groups -OCH3 is 2. The first-order valence-electron chi connectivity index (χ1n) is 6.80. The SMILES string of the molecule is COc1cccc(OC)c1-c1nn(C(C)(C)C)c(Br)c1C=O. The standard InChI is InChI=1S/C16H19BrN2O3/c1-16(2,3)19-15(17)10(9-20)14(18-19)13-11(21-4)7-6-8-12(13)22-5/h6-9H,1-5H3. The lowest BCUT2D eigenvalue weighted by Gasteiger charge is -2.20. The van der Waals surface area contributed by atoms with Crippen molar-refractivity contribution in [3.8, 4) is 22.8 Å². The lowest BCUT2D eigenvalue weighted by Crippen LogP contribution is -2.23. The maximum atomic E-state index is 11.6. The average Bonchev–Trinajstić information content (AvgIpc) is 2.82. The van der Waals surface area contributed by atoms with Gasteiger partial charge in [-0.15, -0.1) is 0 Å². The molecule has 0 N–H and O–H groups in total. The maximum Gasteiger partial charge on any atom is 0.155 e. The summed E-state index contributed by atoms with van der Waals surface area (Å²) in [5.41, 5.74) is 1.39. The highest BCUT2D eigenvalue weighted by Gasteiger charge is 2.27. The van der Waals surface area contributed by atoms with Gasteiger partial charge in [0.25, 0.3) is 0 Å². The van der Waals surface area contributed by atoms with Gasteiger partial charge < -0.3 is 9.47 Å². The second kappa shape index (κ2) is 6.12. The van der Waals surface area contributed by atoms with Crippen molar-refractivity contribution in [1.82, 2.24) is 9.78 Å². The molecule has 0 saturated carbocycles. The van der Waals surface area contributed by atoms with Gasteiger partial charge >= 0.3 is 0 Å². The summed E-state index contributed by atoms with van der Waals surface area (Å²) in [4.78, 5) is 11.6. The van der Waals surface area contributed by atoms with E-state index in [-0.39, 0.29) is 5.54 Å². The van der Waals surface area contributed by atoms with Crippen LogP contribution in [0.15, 0.2) is 22.8 Å². The monoisotopic (exact) mass is 366 g/mol. The molecule has 0 aliphatic rings. The van der Waals surface area contributed by atoms with Gasteiger partial charge in [0.15, 0.2) is 6.29 Å². The molecule has 0 fully saturated rings. The molecule has 0 saturated heterocycles. The van der Waals surface area contributed by atoms with Crippen molar-refractivity contribution in [2.24, 2.45) is 0 Å². The molecule has 2 rings (SSSR count). The maximum absolute atomic E-state index is 11.6. The largest absolute Gasteiger partial charge is 0.496 e. The number of halogens is 1. The molecule has 0 spiro atoms. The molecule has 5 nitrogen and oxygen atoms in total. The smallest absolute Gasteiger partial charge is 0.155 e. The minimum Gasteiger partial charge on any atom is -0.496 e. The zero-order chi connectivity index (χ0) is 16.5. The average molecular weight is 367 g/mol. The summed E-state index contributed by atoms with van der Waals surface area (Å²) in [6.07, 6.45) is 0.792. The summed E-state index contributed by atoms with van der Waals surface area (Å²) in [6.45, 7) is 6.05. The summed E-state index contributed by atoms with van der Waals surface area (Å²) in [5.74, 6) is 1.21. The number of benzene rings is 1. The van der Waals surface area contributed by atoms with Crippen LogP contribution in [0, 0.1) is 0 Å². The Balaban J connectivity index is 2.81. The molecule has 0 bridgehead atoms. The number of rotatable bonds is 4. The molecule has 1 heterocycles. The van der Waals surface area contributed by atoms with Crippen molar-refractivity contribution in [2.45, 2.75) is 26.3 Å². The van der Waals surface area contributed by atoms with Gasteiger partial charge in [-0.2, -0.15) is 5.10 Å². The predicted molar refractivity (Wildman–Crippen MR) is 88.9 cm³/mol. The van der Waals surface area contributed by atoms with Crippen molar-refractivity contribution in [3.63, 3.8) is 0 Å². The molecule has 1 aromatic heterocycles. The molecular formula is C16H19BrN2O3. The Bertz CT molecular complexity index is 680. The van der Waals surface area contributed by atoms with Crippen LogP contribution in [0.4, 0.5) is 0 Å². The minimum absolute atomic E-state index is 0.274. The Kier molecular flexibility index (Phi) is 4.60. The molecule has 22 heavy (non-hydrogen) atoms. The lowest BCUT2D eigenvalue weighted by molar-refractivity contribution is 0.112. The minimum atomic E-state index is -0.274. The Hall–Kier alpha value is -1.82. The first-order chi connectivity index (χ1) is 10.3. The van der Waals surface area contributed by atoms with Crippen LogP contribution in [-0.4, -0.2) is 30.3 Å². The van der Waals surface area contributed by atoms with E-state index >= 15 is 0 Å². The van der Waals surface area contributed by atoms with E-state index in [0.29, 0.717) is 32.9 Å². The third-order valence-electron chi connectivity index (χ3n) is 3.28. The molecule has 0 atom stereocenters. The number of aromatic nitrogens is 2. The molecule has 1 aromatic carbocycles. The highest BCUT2D eigenvalue weighted by Crippen LogP contribution is 2.41. The van der Waals surface area contributed by atoms with Crippen LogP contribution in [0.3, 0.4) is 0 Å². The number of nitrogens with zero attached hydrogens (tertiary/aromatic N) is 2. The summed E-state index contributed by atoms with van der Waals surface area (Å²) in [6, 6.07) is 5.46. The van der Waals surface area contributed by atoms with Crippen molar-refractivity contribution >= 4 is 22.2 Å². The van der Waals surface area contributed by atoms with Gasteiger partial charge in [0.1, 0.15) is 21.8 Å². The van der Waals surface area contributed by atoms with E-state index in [1.165, 1.54) is 0 Å². The van der Waals surface area contributed by atoms with Crippen LogP contribution in [0.5, 0.6) is 11.5 Å². The Morgan fingerprint density at radius 1 is 1.18 bits per heavy atom. The predicted octanol–water partition coefficient (Wildman–Crippen LogP) is 3.90. The van der Waals surface area contributed by atoms with E-state index in [2.05, 4.69) is 21.0 Å². The van der Waals surface area contributed by atoms with Crippen LogP contribution in [0.1, 0.15) is 31.1 Å². The molecule has 6 heteroatoms. The summed E-state index contributed by atoms with van der Waals surface area (Å²) >= 11 is 3.48. The normalized spacial score (nSPS) is 11.4. The number of carbonyl (C=O) groups is 1. The fourth-order valence-electron chi connectivity index (χ4n) is 2.23. The first kappa shape index (κ1) is 16.5. The van der Waals surface area contributed by atoms with Crippen molar-refractivity contribution < 1.29 is 14.3 Å². The highest BCUT2D eigenvalue weighted by atomic mass is 79.9. The molecule has 0 unspecified atom stereocenters. The second-order valence-electron chi connectivity index (χ2n) is 5.79. The first-order valence-corrected chi connectivity index (χ1v) is 7.60. The van der Waals surface area contributed by atoms with Crippen LogP contribution in [0.2, 0.25) is 0 Å². The summed E-state index contributed by atoms with van der Waals surface area (Å²) in [7, 11) is 3.16. The molecule has 2 aromatic rings. The molecule has 0 aliphatic heterocycles. The summed E-state index contributed by atoms with van der Waals surface area (Å²) in [5, 5.41) is 4.62. The fourth-order valence-corrected chi connectivity index (χ4v) is 3.12. The highest BCUT2D eigenvalue weighted by molar-refractivity contribution is 9.10. The third-order valence-corrected chi connectivity index (χ3v) is 4.04. The van der Waals surface area contributed by atoms with Gasteiger partial charge in [-0.3, -0.25) is 9.48 Å². The Labute approximate surface area is 138 Å². The molecule has 118 valence electrons. The molecule has 0 aliphatic carbocycles. The van der Waals surface area contributed by atoms with Crippen LogP contribution in [-0.2, 0) is 5.54 Å². The number of ether oxygens (including phenoxy) is 2. The lowest BCUT2D eigenvalue weighted by atomic mass is 10.1. The van der Waals surface area contributed by atoms with E-state index in [4.69, 9.17) is 9.47 Å². The van der Waals surface area contributed by atoms with Crippen molar-refractivity contribution in [3.05, 3.63) is 28.4 Å². The van der Waals surface area contributed by atoms with Crippen LogP contribution in [0.25, 0.3) is 11.3 Å². The van der Waals surface area contributed by atoms with E-state index in [1.807, 2.05) is 39.0 Å². The number of aldehydes is 1. The van der Waals surface area contributed by atoms with Crippen LogP contribution < -0.4 is 9.47 Å². The molecule has 0 amide bonds. The summed E-state index contributed by atoms with van der Waals surface area (Å²) < 4.78 is 13.2. The van der Waals surface area contributed by atoms with Gasteiger partial charge in [0, 0.05) is 0 Å². The van der Waals surface area contributed by atoms with Crippen molar-refractivity contribution in [1.29, 1.82) is 0 Å². The van der Waals surface area contributed by atoms with E-state index in [9.17, 15) is 4.79 Å². The fraction of sp³-hybridized carbons (Fsp3) is 0.375. The van der Waals surface area contributed by atoms with E-state index in [0.717, 1.165) is 6.29 Å². The third kappa shape index (κ3) is 2.75. The van der Waals surface area contributed by atoms with Crippen molar-refractivity contribution in [2.75, 3.05) is 14.2 Å². The topological polar surface area (TPSA) is 53.4 Å². The number of hydrogen-bond donors (Lipinski definition) is 0. The quantitative estimate of drug-likeness (QED) is 0.770. The van der Waals surface area contributed by atoms with Gasteiger partial charge in [0.2, 0.25) is 0 Å². The van der Waals surface area contributed by atoms with Gasteiger partial charge in [0.05, 0.1) is 30.9 Å². The second-order valence-corrected chi connectivity index (χ2v) is 6.54. The Morgan fingerprint density at radius 3 is 2.14 bits per heavy atom. The van der Waals surface area contributed by atoms with Gasteiger partial charge in [-0.05, 0) is 48.8 Å². The van der Waals surface area contributed by atoms with Crippen LogP contribution >= 0.6 is 15.9 Å². The zero-order valence-corrected chi connectivity index (χ0v) is 14.9. The van der Waals surface area contributed by atoms with E-state index in [1.54, 1.807) is 18.9 Å². The molecular weight excluding hydrogens is 348 g/mol. The number of carbonyl (C=O) groups excluding carboxylic acids is 1. The number of hydrogen-bond acceptors (Lipinski definition) is 4.